The van der Waals surface area contributed by atoms with Crippen LogP contribution in [0.5, 0.6) is 5.75 Å². The molecule has 0 aliphatic heterocycles. The fourth-order valence-corrected chi connectivity index (χ4v) is 3.91. The first-order valence-corrected chi connectivity index (χ1v) is 9.81. The lowest BCUT2D eigenvalue weighted by Gasteiger charge is -2.16. The van der Waals surface area contributed by atoms with Crippen molar-refractivity contribution in [2.45, 2.75) is 53.0 Å². The minimum absolute atomic E-state index is 0.0190. The quantitative estimate of drug-likeness (QED) is 0.594. The molecule has 0 saturated heterocycles. The molecule has 0 atom stereocenters. The second-order valence-corrected chi connectivity index (χ2v) is 7.17. The fourth-order valence-electron chi connectivity index (χ4n) is 3.75. The zero-order chi connectivity index (χ0) is 19.7. The molecule has 0 spiro atoms. The molecule has 0 saturated carbocycles. The van der Waals surface area contributed by atoms with E-state index in [1.807, 2.05) is 19.9 Å². The Hall–Kier alpha value is -2.27. The van der Waals surface area contributed by atoms with E-state index in [1.54, 1.807) is 28.3 Å². The van der Waals surface area contributed by atoms with Crippen molar-refractivity contribution in [2.24, 2.45) is 0 Å². The van der Waals surface area contributed by atoms with Crippen molar-refractivity contribution in [3.05, 3.63) is 50.9 Å². The molecule has 3 rings (SSSR count). The third kappa shape index (κ3) is 3.25. The summed E-state index contributed by atoms with van der Waals surface area (Å²) in [5.41, 5.74) is 3.46. The first-order chi connectivity index (χ1) is 13.0. The van der Waals surface area contributed by atoms with Crippen LogP contribution in [0, 0.1) is 6.92 Å². The van der Waals surface area contributed by atoms with Gasteiger partial charge < -0.3 is 4.74 Å². The molecule has 0 bridgehead atoms. The summed E-state index contributed by atoms with van der Waals surface area (Å²) in [6.45, 7) is 8.79. The standard InChI is InChI=1S/C21H26ClN3O2/c1-6-14(7-2)17-11-13(4)25-19(17)21(26)24(8-3)20(23-25)16-10-9-15(22)12-18(16)27-5/h9-12,14H,6-8H2,1-5H3. The Kier molecular flexibility index (Phi) is 5.61. The van der Waals surface area contributed by atoms with Gasteiger partial charge in [0.25, 0.3) is 5.56 Å². The van der Waals surface area contributed by atoms with Gasteiger partial charge in [0.1, 0.15) is 11.3 Å². The average molecular weight is 388 g/mol. The zero-order valence-electron chi connectivity index (χ0n) is 16.5. The summed E-state index contributed by atoms with van der Waals surface area (Å²) in [6, 6.07) is 7.48. The number of nitrogens with zero attached hydrogens (tertiary/aromatic N) is 3. The van der Waals surface area contributed by atoms with Crippen molar-refractivity contribution in [2.75, 3.05) is 7.11 Å². The minimum Gasteiger partial charge on any atom is -0.496 e. The Morgan fingerprint density at radius 2 is 1.89 bits per heavy atom. The van der Waals surface area contributed by atoms with Crippen LogP contribution in [0.1, 0.15) is 50.8 Å². The summed E-state index contributed by atoms with van der Waals surface area (Å²) in [6.07, 6.45) is 1.99. The van der Waals surface area contributed by atoms with Crippen LogP contribution >= 0.6 is 11.6 Å². The summed E-state index contributed by atoms with van der Waals surface area (Å²) in [7, 11) is 1.59. The maximum Gasteiger partial charge on any atom is 0.278 e. The molecule has 2 heterocycles. The van der Waals surface area contributed by atoms with Gasteiger partial charge in [-0.05, 0) is 62.4 Å². The number of benzene rings is 1. The summed E-state index contributed by atoms with van der Waals surface area (Å²) in [5.74, 6) is 1.53. The Balaban J connectivity index is 2.38. The van der Waals surface area contributed by atoms with Crippen LogP contribution in [-0.4, -0.2) is 21.3 Å². The second-order valence-electron chi connectivity index (χ2n) is 6.73. The molecule has 27 heavy (non-hydrogen) atoms. The molecule has 6 heteroatoms. The molecule has 0 aliphatic carbocycles. The molecule has 5 nitrogen and oxygen atoms in total. The molecule has 0 radical (unpaired) electrons. The van der Waals surface area contributed by atoms with Crippen molar-refractivity contribution in [1.29, 1.82) is 0 Å². The highest BCUT2D eigenvalue weighted by molar-refractivity contribution is 6.30. The van der Waals surface area contributed by atoms with E-state index < -0.39 is 0 Å². The number of fused-ring (bicyclic) bond motifs is 1. The highest BCUT2D eigenvalue weighted by atomic mass is 35.5. The Morgan fingerprint density at radius 1 is 1.19 bits per heavy atom. The third-order valence-electron chi connectivity index (χ3n) is 5.23. The molecule has 0 N–H and O–H groups in total. The van der Waals surface area contributed by atoms with E-state index in [-0.39, 0.29) is 5.56 Å². The molecule has 3 aromatic rings. The maximum atomic E-state index is 13.4. The summed E-state index contributed by atoms with van der Waals surface area (Å²) >= 11 is 6.10. The largest absolute Gasteiger partial charge is 0.496 e. The molecule has 1 aromatic carbocycles. The van der Waals surface area contributed by atoms with Crippen molar-refractivity contribution in [3.63, 3.8) is 0 Å². The predicted octanol–water partition coefficient (Wildman–Crippen LogP) is 5.06. The Labute approximate surface area is 164 Å². The topological polar surface area (TPSA) is 48.5 Å². The number of ether oxygens (including phenoxy) is 1. The van der Waals surface area contributed by atoms with Crippen LogP contribution in [0.3, 0.4) is 0 Å². The SMILES string of the molecule is CCC(CC)c1cc(C)n2nc(-c3ccc(Cl)cc3OC)n(CC)c(=O)c12. The van der Waals surface area contributed by atoms with Crippen LogP contribution in [0.25, 0.3) is 16.9 Å². The van der Waals surface area contributed by atoms with Gasteiger partial charge in [-0.25, -0.2) is 4.52 Å². The molecule has 2 aromatic heterocycles. The van der Waals surface area contributed by atoms with Crippen LogP contribution in [-0.2, 0) is 6.54 Å². The zero-order valence-corrected chi connectivity index (χ0v) is 17.3. The second kappa shape index (κ2) is 7.77. The van der Waals surface area contributed by atoms with Crippen LogP contribution in [0.2, 0.25) is 5.02 Å². The smallest absolute Gasteiger partial charge is 0.278 e. The van der Waals surface area contributed by atoms with Crippen molar-refractivity contribution in [3.8, 4) is 17.1 Å². The molecule has 144 valence electrons. The number of aryl methyl sites for hydroxylation is 1. The van der Waals surface area contributed by atoms with Gasteiger partial charge in [0.2, 0.25) is 0 Å². The van der Waals surface area contributed by atoms with Gasteiger partial charge in [-0.1, -0.05) is 25.4 Å². The lowest BCUT2D eigenvalue weighted by molar-refractivity contribution is 0.415. The molecule has 0 aliphatic rings. The predicted molar refractivity (Wildman–Crippen MR) is 110 cm³/mol. The van der Waals surface area contributed by atoms with Crippen LogP contribution < -0.4 is 10.3 Å². The first kappa shape index (κ1) is 19.5. The summed E-state index contributed by atoms with van der Waals surface area (Å²) in [4.78, 5) is 13.4. The molecule has 0 fully saturated rings. The summed E-state index contributed by atoms with van der Waals surface area (Å²) < 4.78 is 8.99. The number of hydrogen-bond donors (Lipinski definition) is 0. The van der Waals surface area contributed by atoms with E-state index in [0.29, 0.717) is 34.6 Å². The average Bonchev–Trinajstić information content (AvgIpc) is 2.99. The van der Waals surface area contributed by atoms with E-state index in [4.69, 9.17) is 21.4 Å². The van der Waals surface area contributed by atoms with Gasteiger partial charge in [0.05, 0.1) is 12.7 Å². The van der Waals surface area contributed by atoms with E-state index in [2.05, 4.69) is 19.9 Å². The number of halogens is 1. The van der Waals surface area contributed by atoms with Gasteiger partial charge in [-0.2, -0.15) is 0 Å². The highest BCUT2D eigenvalue weighted by Gasteiger charge is 2.22. The van der Waals surface area contributed by atoms with Crippen LogP contribution in [0.4, 0.5) is 0 Å². The number of hydrogen-bond acceptors (Lipinski definition) is 3. The number of aromatic nitrogens is 3. The lowest BCUT2D eigenvalue weighted by Crippen LogP contribution is -2.26. The van der Waals surface area contributed by atoms with Gasteiger partial charge in [-0.3, -0.25) is 9.36 Å². The van der Waals surface area contributed by atoms with E-state index in [1.165, 1.54) is 0 Å². The van der Waals surface area contributed by atoms with Gasteiger partial charge in [0.15, 0.2) is 5.82 Å². The first-order valence-electron chi connectivity index (χ1n) is 9.43. The molecule has 0 amide bonds. The highest BCUT2D eigenvalue weighted by Crippen LogP contribution is 2.32. The van der Waals surface area contributed by atoms with E-state index in [9.17, 15) is 4.79 Å². The Morgan fingerprint density at radius 3 is 2.48 bits per heavy atom. The lowest BCUT2D eigenvalue weighted by atomic mass is 9.95. The minimum atomic E-state index is -0.0190. The van der Waals surface area contributed by atoms with Gasteiger partial charge in [-0.15, -0.1) is 5.10 Å². The Bertz CT molecular complexity index is 1030. The molecular formula is C21H26ClN3O2. The van der Waals surface area contributed by atoms with E-state index >= 15 is 0 Å². The maximum absolute atomic E-state index is 13.4. The van der Waals surface area contributed by atoms with Gasteiger partial charge in [0, 0.05) is 17.3 Å². The molecular weight excluding hydrogens is 362 g/mol. The van der Waals surface area contributed by atoms with Crippen molar-refractivity contribution >= 4 is 17.1 Å². The summed E-state index contributed by atoms with van der Waals surface area (Å²) in [5, 5.41) is 5.42. The van der Waals surface area contributed by atoms with Crippen molar-refractivity contribution in [1.82, 2.24) is 14.2 Å². The normalized spacial score (nSPS) is 11.5. The van der Waals surface area contributed by atoms with Crippen LogP contribution in [0.15, 0.2) is 29.1 Å². The van der Waals surface area contributed by atoms with Crippen molar-refractivity contribution < 1.29 is 4.74 Å². The number of methoxy groups -OCH3 is 1. The van der Waals surface area contributed by atoms with Gasteiger partial charge >= 0.3 is 0 Å². The monoisotopic (exact) mass is 387 g/mol. The third-order valence-corrected chi connectivity index (χ3v) is 5.46. The fraction of sp³-hybridized carbons (Fsp3) is 0.429. The number of rotatable bonds is 6. The molecule has 0 unspecified atom stereocenters. The van der Waals surface area contributed by atoms with E-state index in [0.717, 1.165) is 29.7 Å².